The minimum Gasteiger partial charge on any atom is -0.488 e. The maximum absolute atomic E-state index is 12.6. The highest BCUT2D eigenvalue weighted by Crippen LogP contribution is 2.34. The first-order chi connectivity index (χ1) is 21.2. The second kappa shape index (κ2) is 15.1. The minimum absolute atomic E-state index is 0.00821. The molecule has 0 amide bonds. The van der Waals surface area contributed by atoms with E-state index < -0.39 is 12.8 Å². The number of carbonyl (C=O) groups excluding carboxylic acids is 1. The number of rotatable bonds is 15. The summed E-state index contributed by atoms with van der Waals surface area (Å²) in [6.07, 6.45) is -2.67. The van der Waals surface area contributed by atoms with Crippen LogP contribution in [0.5, 0.6) is 11.5 Å². The Morgan fingerprint density at radius 1 is 1.07 bits per heavy atom. The average Bonchev–Trinajstić information content (AvgIpc) is 3.43. The molecule has 1 aliphatic rings. The first-order valence-electron chi connectivity index (χ1n) is 14.2. The number of nitroso groups, excluding NO2 is 1. The van der Waals surface area contributed by atoms with E-state index in [2.05, 4.69) is 16.3 Å². The van der Waals surface area contributed by atoms with Crippen molar-refractivity contribution in [2.45, 2.75) is 38.4 Å². The van der Waals surface area contributed by atoms with Crippen molar-refractivity contribution >= 4 is 11.7 Å². The number of hydrogen-bond acceptors (Lipinski definition) is 8. The molecule has 4 rings (SSSR count). The summed E-state index contributed by atoms with van der Waals surface area (Å²) in [5.74, 6) is -0.284. The molecule has 3 aromatic rings. The van der Waals surface area contributed by atoms with Gasteiger partial charge in [-0.1, -0.05) is 36.4 Å². The number of alkyl halides is 3. The average molecular weight is 611 g/mol. The number of carbonyl (C=O) groups is 1. The van der Waals surface area contributed by atoms with E-state index in [4.69, 9.17) is 14.2 Å². The molecule has 9 nitrogen and oxygen atoms in total. The molecule has 0 radical (unpaired) electrons. The van der Waals surface area contributed by atoms with Crippen molar-refractivity contribution in [3.63, 3.8) is 0 Å². The smallest absolute Gasteiger partial charge is 0.422 e. The Balaban J connectivity index is 1.30. The fourth-order valence-electron chi connectivity index (χ4n) is 5.08. The summed E-state index contributed by atoms with van der Waals surface area (Å²) in [5, 5.41) is 14.3. The molecule has 1 unspecified atom stereocenters. The SMILES string of the molecule is CC(Cc1cc(C#N)c2c(c1)CCN2CCCOC(=O)c1ccccc1)N(CCOc1ccccc1OCC(F)(F)F)N=O. The van der Waals surface area contributed by atoms with Crippen molar-refractivity contribution in [1.29, 1.82) is 5.26 Å². The number of benzene rings is 3. The third-order valence-electron chi connectivity index (χ3n) is 7.11. The predicted molar refractivity (Wildman–Crippen MR) is 158 cm³/mol. The molecule has 12 heteroatoms. The van der Waals surface area contributed by atoms with Gasteiger partial charge in [0.05, 0.1) is 41.3 Å². The van der Waals surface area contributed by atoms with Crippen LogP contribution in [0.15, 0.2) is 72.0 Å². The lowest BCUT2D eigenvalue weighted by Crippen LogP contribution is -2.33. The zero-order chi connectivity index (χ0) is 31.5. The van der Waals surface area contributed by atoms with Gasteiger partial charge in [0.2, 0.25) is 0 Å². The highest BCUT2D eigenvalue weighted by Gasteiger charge is 2.29. The number of para-hydroxylation sites is 2. The first-order valence-corrected chi connectivity index (χ1v) is 14.2. The van der Waals surface area contributed by atoms with Crippen LogP contribution in [-0.4, -0.2) is 62.7 Å². The summed E-state index contributed by atoms with van der Waals surface area (Å²) in [7, 11) is 0. The molecule has 0 spiro atoms. The number of esters is 1. The fourth-order valence-corrected chi connectivity index (χ4v) is 5.08. The van der Waals surface area contributed by atoms with E-state index in [0.717, 1.165) is 29.8 Å². The monoisotopic (exact) mass is 610 g/mol. The Hall–Kier alpha value is -4.79. The topological polar surface area (TPSA) is 104 Å². The van der Waals surface area contributed by atoms with Crippen LogP contribution in [0.1, 0.15) is 40.4 Å². The molecule has 0 bridgehead atoms. The fraction of sp³-hybridized carbons (Fsp3) is 0.375. The lowest BCUT2D eigenvalue weighted by atomic mass is 9.98. The number of hydrogen-bond donors (Lipinski definition) is 0. The van der Waals surface area contributed by atoms with E-state index in [1.54, 1.807) is 30.3 Å². The molecule has 0 aliphatic carbocycles. The molecular formula is C32H33F3N4O5. The summed E-state index contributed by atoms with van der Waals surface area (Å²) in [5.41, 5.74) is 3.84. The van der Waals surface area contributed by atoms with Crippen LogP contribution >= 0.6 is 0 Å². The molecule has 232 valence electrons. The second-order valence-corrected chi connectivity index (χ2v) is 10.4. The van der Waals surface area contributed by atoms with Gasteiger partial charge in [-0.2, -0.15) is 18.4 Å². The van der Waals surface area contributed by atoms with E-state index in [1.807, 2.05) is 25.1 Å². The second-order valence-electron chi connectivity index (χ2n) is 10.4. The molecule has 0 aromatic heterocycles. The van der Waals surface area contributed by atoms with E-state index in [0.29, 0.717) is 30.5 Å². The summed E-state index contributed by atoms with van der Waals surface area (Å²) >= 11 is 0. The highest BCUT2D eigenvalue weighted by atomic mass is 19.4. The molecule has 0 saturated carbocycles. The third kappa shape index (κ3) is 8.86. The van der Waals surface area contributed by atoms with Crippen molar-refractivity contribution < 1.29 is 32.2 Å². The molecule has 0 saturated heterocycles. The third-order valence-corrected chi connectivity index (χ3v) is 7.11. The van der Waals surface area contributed by atoms with Crippen LogP contribution < -0.4 is 14.4 Å². The largest absolute Gasteiger partial charge is 0.488 e. The summed E-state index contributed by atoms with van der Waals surface area (Å²) < 4.78 is 53.5. The predicted octanol–water partition coefficient (Wildman–Crippen LogP) is 6.10. The van der Waals surface area contributed by atoms with Gasteiger partial charge in [0.15, 0.2) is 18.1 Å². The zero-order valence-electron chi connectivity index (χ0n) is 24.3. The number of nitriles is 1. The first kappa shape index (κ1) is 32.1. The van der Waals surface area contributed by atoms with Gasteiger partial charge >= 0.3 is 12.1 Å². The minimum atomic E-state index is -4.48. The number of nitrogens with zero attached hydrogens (tertiary/aromatic N) is 4. The van der Waals surface area contributed by atoms with Crippen LogP contribution in [0.25, 0.3) is 0 Å². The maximum Gasteiger partial charge on any atom is 0.422 e. The lowest BCUT2D eigenvalue weighted by Gasteiger charge is -2.24. The van der Waals surface area contributed by atoms with Gasteiger partial charge in [0.25, 0.3) is 0 Å². The maximum atomic E-state index is 12.6. The lowest BCUT2D eigenvalue weighted by molar-refractivity contribution is -0.153. The molecule has 1 atom stereocenters. The van der Waals surface area contributed by atoms with Crippen LogP contribution in [0.2, 0.25) is 0 Å². The van der Waals surface area contributed by atoms with Crippen molar-refractivity contribution in [3.8, 4) is 17.6 Å². The van der Waals surface area contributed by atoms with Gasteiger partial charge in [0, 0.05) is 13.1 Å². The normalized spacial score (nSPS) is 13.0. The quantitative estimate of drug-likeness (QED) is 0.0880. The number of fused-ring (bicyclic) bond motifs is 1. The van der Waals surface area contributed by atoms with Crippen LogP contribution in [-0.2, 0) is 17.6 Å². The van der Waals surface area contributed by atoms with Gasteiger partial charge in [-0.3, -0.25) is 5.01 Å². The van der Waals surface area contributed by atoms with Crippen molar-refractivity contribution in [2.24, 2.45) is 5.29 Å². The Morgan fingerprint density at radius 2 is 1.77 bits per heavy atom. The molecule has 1 heterocycles. The van der Waals surface area contributed by atoms with Crippen molar-refractivity contribution in [1.82, 2.24) is 5.01 Å². The summed E-state index contributed by atoms with van der Waals surface area (Å²) in [6.45, 7) is 2.10. The van der Waals surface area contributed by atoms with Gasteiger partial charge in [0.1, 0.15) is 12.7 Å². The summed E-state index contributed by atoms with van der Waals surface area (Å²) in [4.78, 5) is 25.9. The van der Waals surface area contributed by atoms with Crippen LogP contribution in [0.3, 0.4) is 0 Å². The van der Waals surface area contributed by atoms with Crippen molar-refractivity contribution in [3.05, 3.63) is 93.9 Å². The van der Waals surface area contributed by atoms with Gasteiger partial charge in [-0.25, -0.2) is 4.79 Å². The van der Waals surface area contributed by atoms with E-state index in [9.17, 15) is 28.1 Å². The van der Waals surface area contributed by atoms with Gasteiger partial charge in [-0.15, -0.1) is 4.91 Å². The molecule has 1 aliphatic heterocycles. The standard InChI is InChI=1S/C32H33F3N4O5/c1-23(39(37-41)15-17-42-28-10-5-6-11-29(28)44-22-32(33,34)35)18-24-19-26-12-14-38(30(26)27(20-24)21-36)13-7-16-43-31(40)25-8-3-2-4-9-25/h2-6,8-11,19-20,23H,7,12-18,22H2,1H3. The van der Waals surface area contributed by atoms with Crippen LogP contribution in [0.4, 0.5) is 18.9 Å². The molecule has 0 fully saturated rings. The Labute approximate surface area is 253 Å². The van der Waals surface area contributed by atoms with E-state index >= 15 is 0 Å². The van der Waals surface area contributed by atoms with Crippen molar-refractivity contribution in [2.75, 3.05) is 44.4 Å². The highest BCUT2D eigenvalue weighted by molar-refractivity contribution is 5.89. The molecular weight excluding hydrogens is 577 g/mol. The summed E-state index contributed by atoms with van der Waals surface area (Å²) in [6, 6.07) is 20.6. The van der Waals surface area contributed by atoms with E-state index in [1.165, 1.54) is 23.2 Å². The molecule has 44 heavy (non-hydrogen) atoms. The Bertz CT molecular complexity index is 1460. The van der Waals surface area contributed by atoms with Gasteiger partial charge < -0.3 is 19.1 Å². The van der Waals surface area contributed by atoms with Crippen LogP contribution in [0, 0.1) is 16.2 Å². The number of halogens is 3. The molecule has 3 aromatic carbocycles. The Morgan fingerprint density at radius 3 is 2.45 bits per heavy atom. The Kier molecular flexibility index (Phi) is 11.0. The number of ether oxygens (including phenoxy) is 3. The van der Waals surface area contributed by atoms with E-state index in [-0.39, 0.29) is 43.3 Å². The number of anilines is 1. The van der Waals surface area contributed by atoms with Gasteiger partial charge in [-0.05, 0) is 67.6 Å². The zero-order valence-corrected chi connectivity index (χ0v) is 24.3. The molecule has 0 N–H and O–H groups in total.